The molecule has 4 rings (SSSR count). The summed E-state index contributed by atoms with van der Waals surface area (Å²) in [6.45, 7) is 14.3. The molecule has 0 aliphatic heterocycles. The number of pyridine rings is 1. The van der Waals surface area contributed by atoms with E-state index in [0.717, 1.165) is 50.2 Å². The van der Waals surface area contributed by atoms with E-state index in [9.17, 15) is 4.79 Å². The van der Waals surface area contributed by atoms with E-state index in [1.165, 1.54) is 0 Å². The quantitative estimate of drug-likeness (QED) is 0.290. The Morgan fingerprint density at radius 3 is 2.38 bits per heavy atom. The smallest absolute Gasteiger partial charge is 0.163 e. The van der Waals surface area contributed by atoms with Gasteiger partial charge in [-0.25, -0.2) is 4.98 Å². The molecule has 0 fully saturated rings. The zero-order valence-corrected chi connectivity index (χ0v) is 21.6. The van der Waals surface area contributed by atoms with Crippen LogP contribution >= 0.6 is 11.6 Å². The Kier molecular flexibility index (Phi) is 6.45. The number of carbonyl (C=O) groups excluding carboxylic acids is 1. The van der Waals surface area contributed by atoms with Crippen LogP contribution in [0.25, 0.3) is 22.2 Å². The minimum atomic E-state index is -0.737. The standard InChI is InChI=1S/C28H31ClN2O3/c1-16-18(3)31(14-20-12-13-33-15-20)27-23(16)25(21-8-10-22(29)11-9-21)24(17(2)30-27)26(19(4)32)34-28(5,6)7/h8-13,15,26H,14H2,1-7H3/t26-/m1/s1. The number of fused-ring (bicyclic) bond motifs is 1. The number of aryl methyl sites for hydroxylation is 2. The van der Waals surface area contributed by atoms with Gasteiger partial charge in [-0.2, -0.15) is 0 Å². The Bertz CT molecular complexity index is 1340. The molecule has 0 saturated heterocycles. The van der Waals surface area contributed by atoms with E-state index >= 15 is 0 Å². The second-order valence-corrected chi connectivity index (χ2v) is 10.3. The van der Waals surface area contributed by atoms with Gasteiger partial charge in [0.2, 0.25) is 0 Å². The van der Waals surface area contributed by atoms with Crippen LogP contribution in [-0.2, 0) is 16.1 Å². The third-order valence-electron chi connectivity index (χ3n) is 6.14. The monoisotopic (exact) mass is 478 g/mol. The Labute approximate surface area is 205 Å². The van der Waals surface area contributed by atoms with Crippen molar-refractivity contribution in [3.8, 4) is 11.1 Å². The largest absolute Gasteiger partial charge is 0.472 e. The molecule has 0 unspecified atom stereocenters. The highest BCUT2D eigenvalue weighted by molar-refractivity contribution is 6.30. The van der Waals surface area contributed by atoms with Gasteiger partial charge in [-0.15, -0.1) is 0 Å². The summed E-state index contributed by atoms with van der Waals surface area (Å²) in [7, 11) is 0. The highest BCUT2D eigenvalue weighted by atomic mass is 35.5. The molecule has 0 bridgehead atoms. The zero-order chi connectivity index (χ0) is 24.8. The fourth-order valence-electron chi connectivity index (χ4n) is 4.49. The molecule has 0 aliphatic carbocycles. The number of hydrogen-bond donors (Lipinski definition) is 0. The highest BCUT2D eigenvalue weighted by Crippen LogP contribution is 2.42. The molecule has 178 valence electrons. The third-order valence-corrected chi connectivity index (χ3v) is 6.39. The van der Waals surface area contributed by atoms with Gasteiger partial charge < -0.3 is 13.7 Å². The van der Waals surface area contributed by atoms with Crippen LogP contribution in [0.2, 0.25) is 5.02 Å². The number of carbonyl (C=O) groups is 1. The predicted octanol–water partition coefficient (Wildman–Crippen LogP) is 7.37. The lowest BCUT2D eigenvalue weighted by atomic mass is 9.90. The molecule has 5 nitrogen and oxygen atoms in total. The molecule has 1 atom stereocenters. The van der Waals surface area contributed by atoms with Crippen molar-refractivity contribution in [2.75, 3.05) is 0 Å². The van der Waals surface area contributed by atoms with E-state index < -0.39 is 11.7 Å². The van der Waals surface area contributed by atoms with Crippen LogP contribution in [-0.4, -0.2) is 20.9 Å². The van der Waals surface area contributed by atoms with Crippen LogP contribution in [0.3, 0.4) is 0 Å². The van der Waals surface area contributed by atoms with Crippen molar-refractivity contribution in [1.29, 1.82) is 0 Å². The minimum absolute atomic E-state index is 0.0541. The summed E-state index contributed by atoms with van der Waals surface area (Å²) in [5.74, 6) is -0.0541. The first-order chi connectivity index (χ1) is 16.0. The van der Waals surface area contributed by atoms with Crippen LogP contribution in [0.4, 0.5) is 0 Å². The van der Waals surface area contributed by atoms with E-state index in [1.807, 2.05) is 58.0 Å². The lowest BCUT2D eigenvalue weighted by Gasteiger charge is -2.29. The van der Waals surface area contributed by atoms with Crippen molar-refractivity contribution in [2.45, 2.75) is 66.7 Å². The summed E-state index contributed by atoms with van der Waals surface area (Å²) in [5.41, 5.74) is 7.19. The molecule has 0 aliphatic rings. The first kappa shape index (κ1) is 24.2. The summed E-state index contributed by atoms with van der Waals surface area (Å²) in [4.78, 5) is 18.0. The second kappa shape index (κ2) is 9.05. The summed E-state index contributed by atoms with van der Waals surface area (Å²) in [5, 5.41) is 1.68. The van der Waals surface area contributed by atoms with Gasteiger partial charge >= 0.3 is 0 Å². The maximum absolute atomic E-state index is 12.9. The number of ether oxygens (including phenoxy) is 1. The van der Waals surface area contributed by atoms with Gasteiger partial charge in [0.25, 0.3) is 0 Å². The molecule has 0 saturated carbocycles. The van der Waals surface area contributed by atoms with Crippen molar-refractivity contribution < 1.29 is 13.9 Å². The average molecular weight is 479 g/mol. The van der Waals surface area contributed by atoms with Gasteiger partial charge in [0.1, 0.15) is 11.8 Å². The number of hydrogen-bond acceptors (Lipinski definition) is 4. The van der Waals surface area contributed by atoms with Gasteiger partial charge in [0, 0.05) is 38.5 Å². The van der Waals surface area contributed by atoms with E-state index in [0.29, 0.717) is 11.6 Å². The molecule has 0 N–H and O–H groups in total. The molecule has 6 heteroatoms. The highest BCUT2D eigenvalue weighted by Gasteiger charge is 2.32. The fourth-order valence-corrected chi connectivity index (χ4v) is 4.62. The molecule has 34 heavy (non-hydrogen) atoms. The molecule has 4 aromatic rings. The van der Waals surface area contributed by atoms with Gasteiger partial charge in [-0.3, -0.25) is 4.79 Å². The summed E-state index contributed by atoms with van der Waals surface area (Å²) < 4.78 is 13.8. The number of Topliss-reactive ketones (excluding diaryl/α,β-unsaturated/α-hetero) is 1. The molecule has 3 aromatic heterocycles. The van der Waals surface area contributed by atoms with Crippen molar-refractivity contribution in [2.24, 2.45) is 0 Å². The number of rotatable bonds is 6. The Morgan fingerprint density at radius 1 is 1.15 bits per heavy atom. The topological polar surface area (TPSA) is 57.3 Å². The lowest BCUT2D eigenvalue weighted by Crippen LogP contribution is -2.27. The number of benzene rings is 1. The number of halogens is 1. The van der Waals surface area contributed by atoms with Crippen LogP contribution in [0.5, 0.6) is 0 Å². The number of nitrogens with zero attached hydrogens (tertiary/aromatic N) is 2. The molecule has 0 spiro atoms. The number of furan rings is 1. The molecule has 0 amide bonds. The van der Waals surface area contributed by atoms with Crippen LogP contribution in [0, 0.1) is 20.8 Å². The van der Waals surface area contributed by atoms with E-state index in [4.69, 9.17) is 25.7 Å². The number of aromatic nitrogens is 2. The lowest BCUT2D eigenvalue weighted by molar-refractivity contribution is -0.138. The summed E-state index contributed by atoms with van der Waals surface area (Å²) in [6.07, 6.45) is 2.70. The summed E-state index contributed by atoms with van der Waals surface area (Å²) >= 11 is 6.22. The molecule has 3 heterocycles. The molecular weight excluding hydrogens is 448 g/mol. The third kappa shape index (κ3) is 4.55. The molecule has 1 aromatic carbocycles. The van der Waals surface area contributed by atoms with E-state index in [1.54, 1.807) is 19.5 Å². The minimum Gasteiger partial charge on any atom is -0.472 e. The SMILES string of the molecule is CC(=O)[C@@H](OC(C)(C)C)c1c(C)nc2c(c(C)c(C)n2Cc2ccoc2)c1-c1ccc(Cl)cc1. The first-order valence-electron chi connectivity index (χ1n) is 11.4. The average Bonchev–Trinajstić information content (AvgIpc) is 3.34. The Balaban J connectivity index is 2.09. The maximum Gasteiger partial charge on any atom is 0.163 e. The van der Waals surface area contributed by atoms with E-state index in [-0.39, 0.29) is 5.78 Å². The van der Waals surface area contributed by atoms with Crippen LogP contribution < -0.4 is 0 Å². The van der Waals surface area contributed by atoms with Crippen molar-refractivity contribution >= 4 is 28.4 Å². The van der Waals surface area contributed by atoms with Crippen molar-refractivity contribution in [1.82, 2.24) is 9.55 Å². The van der Waals surface area contributed by atoms with Gasteiger partial charge in [-0.1, -0.05) is 23.7 Å². The Hall–Kier alpha value is -2.89. The van der Waals surface area contributed by atoms with Gasteiger partial charge in [0.05, 0.1) is 24.7 Å². The van der Waals surface area contributed by atoms with Gasteiger partial charge in [-0.05, 0) is 77.8 Å². The molecule has 0 radical (unpaired) electrons. The second-order valence-electron chi connectivity index (χ2n) is 9.84. The summed E-state index contributed by atoms with van der Waals surface area (Å²) in [6, 6.07) is 9.71. The van der Waals surface area contributed by atoms with Gasteiger partial charge in [0.15, 0.2) is 5.78 Å². The van der Waals surface area contributed by atoms with Crippen LogP contribution in [0.15, 0.2) is 47.3 Å². The number of ketones is 1. The van der Waals surface area contributed by atoms with E-state index in [2.05, 4.69) is 18.4 Å². The Morgan fingerprint density at radius 2 is 1.82 bits per heavy atom. The normalized spacial score (nSPS) is 12.9. The maximum atomic E-state index is 12.9. The van der Waals surface area contributed by atoms with Crippen molar-refractivity contribution in [3.63, 3.8) is 0 Å². The fraction of sp³-hybridized carbons (Fsp3) is 0.357. The first-order valence-corrected chi connectivity index (χ1v) is 11.8. The molecular formula is C28H31ClN2O3. The van der Waals surface area contributed by atoms with Crippen LogP contribution in [0.1, 0.15) is 61.9 Å². The predicted molar refractivity (Wildman–Crippen MR) is 136 cm³/mol. The zero-order valence-electron chi connectivity index (χ0n) is 20.8. The van der Waals surface area contributed by atoms with Crippen molar-refractivity contribution in [3.05, 3.63) is 76.0 Å².